The predicted octanol–water partition coefficient (Wildman–Crippen LogP) is 3.27. The first-order chi connectivity index (χ1) is 4.61. The molecule has 4 heteroatoms. The molecule has 0 aromatic heterocycles. The van der Waals surface area contributed by atoms with Gasteiger partial charge in [-0.1, -0.05) is 0 Å². The van der Waals surface area contributed by atoms with Crippen molar-refractivity contribution in [2.45, 2.75) is 13.8 Å². The quantitative estimate of drug-likeness (QED) is 0.326. The van der Waals surface area contributed by atoms with Crippen LogP contribution in [0.25, 0.3) is 0 Å². The molecular formula is C8H6BrIWY-2. The third-order valence-corrected chi connectivity index (χ3v) is 3.12. The van der Waals surface area contributed by atoms with Crippen molar-refractivity contribution in [3.05, 3.63) is 31.3 Å². The van der Waals surface area contributed by atoms with Crippen molar-refractivity contribution >= 4 is 38.5 Å². The second-order valence-corrected chi connectivity index (χ2v) is 4.00. The molecule has 1 radical (unpaired) electrons. The van der Waals surface area contributed by atoms with Crippen LogP contribution in [0.15, 0.2) is 4.47 Å². The van der Waals surface area contributed by atoms with Crippen LogP contribution in [-0.4, -0.2) is 0 Å². The molecular weight excluding hydrogens is 576 g/mol. The first-order valence-corrected chi connectivity index (χ1v) is 4.75. The Morgan fingerprint density at radius 3 is 2.08 bits per heavy atom. The minimum Gasteiger partial charge on any atom is -0.301 e. The molecule has 0 saturated heterocycles. The number of rotatable bonds is 0. The second-order valence-electron chi connectivity index (χ2n) is 2.13. The van der Waals surface area contributed by atoms with Gasteiger partial charge < -0.3 is 12.1 Å². The van der Waals surface area contributed by atoms with Crippen molar-refractivity contribution in [2.75, 3.05) is 0 Å². The number of benzene rings is 1. The molecule has 0 aliphatic heterocycles. The Labute approximate surface area is 135 Å². The van der Waals surface area contributed by atoms with Gasteiger partial charge in [-0.25, -0.2) is 8.04 Å². The molecule has 0 aliphatic rings. The van der Waals surface area contributed by atoms with Crippen molar-refractivity contribution in [1.29, 1.82) is 0 Å². The number of aryl methyl sites for hydroxylation is 2. The summed E-state index contributed by atoms with van der Waals surface area (Å²) in [6.45, 7) is 4.05. The molecule has 1 rings (SSSR count). The van der Waals surface area contributed by atoms with E-state index in [4.69, 9.17) is 0 Å². The van der Waals surface area contributed by atoms with Crippen LogP contribution in [0, 0.1) is 29.6 Å². The maximum Gasteiger partial charge on any atom is 0 e. The average molecular weight is 582 g/mol. The molecule has 0 aliphatic carbocycles. The first-order valence-electron chi connectivity index (χ1n) is 2.88. The average Bonchev–Trinajstić information content (AvgIpc) is 1.84. The van der Waals surface area contributed by atoms with Gasteiger partial charge in [-0.3, -0.25) is 11.1 Å². The molecule has 0 bridgehead atoms. The van der Waals surface area contributed by atoms with Crippen LogP contribution in [0.4, 0.5) is 0 Å². The van der Waals surface area contributed by atoms with Crippen LogP contribution in [0.1, 0.15) is 11.1 Å². The Balaban J connectivity index is 0. The van der Waals surface area contributed by atoms with E-state index in [0.717, 1.165) is 19.2 Å². The summed E-state index contributed by atoms with van der Waals surface area (Å²) in [6.07, 6.45) is 0. The number of hydrogen-bond acceptors (Lipinski definition) is 0. The third-order valence-electron chi connectivity index (χ3n) is 1.25. The van der Waals surface area contributed by atoms with E-state index in [-0.39, 0.29) is 53.8 Å². The zero-order chi connectivity index (χ0) is 7.72. The van der Waals surface area contributed by atoms with Crippen LogP contribution in [0.3, 0.4) is 0 Å². The molecule has 0 atom stereocenters. The van der Waals surface area contributed by atoms with Gasteiger partial charge in [0, 0.05) is 53.8 Å². The monoisotopic (exact) mass is 581 g/mol. The normalized spacial score (nSPS) is 8.33. The summed E-state index contributed by atoms with van der Waals surface area (Å²) in [5.41, 5.74) is 2.27. The van der Waals surface area contributed by atoms with Gasteiger partial charge in [0.05, 0.1) is 0 Å². The Bertz CT molecular complexity index is 215. The number of hydrogen-bond donors (Lipinski definition) is 0. The molecule has 0 amide bonds. The van der Waals surface area contributed by atoms with Gasteiger partial charge in [0.1, 0.15) is 0 Å². The minimum absolute atomic E-state index is 0. The summed E-state index contributed by atoms with van der Waals surface area (Å²) in [6, 6.07) is 6.40. The Hall–Kier alpha value is 2.22. The van der Waals surface area contributed by atoms with Gasteiger partial charge in [0.2, 0.25) is 0 Å². The van der Waals surface area contributed by atoms with Crippen LogP contribution < -0.4 is 0 Å². The van der Waals surface area contributed by atoms with Crippen molar-refractivity contribution < 1.29 is 53.8 Å². The van der Waals surface area contributed by atoms with E-state index in [1.165, 1.54) is 0 Å². The second kappa shape index (κ2) is 7.51. The Morgan fingerprint density at radius 2 is 1.67 bits per heavy atom. The summed E-state index contributed by atoms with van der Waals surface area (Å²) < 4.78 is 2.17. The predicted molar refractivity (Wildman–Crippen MR) is 54.0 cm³/mol. The molecule has 0 heterocycles. The molecule has 0 nitrogen and oxygen atoms in total. The van der Waals surface area contributed by atoms with Gasteiger partial charge >= 0.3 is 0 Å². The van der Waals surface area contributed by atoms with E-state index in [1.54, 1.807) is 0 Å². The number of halogens is 2. The fraction of sp³-hybridized carbons (Fsp3) is 0.250. The van der Waals surface area contributed by atoms with Gasteiger partial charge in [0.25, 0.3) is 0 Å². The van der Waals surface area contributed by atoms with E-state index in [2.05, 4.69) is 50.7 Å². The summed E-state index contributed by atoms with van der Waals surface area (Å²) in [5.74, 6) is 0. The maximum absolute atomic E-state index is 3.39. The van der Waals surface area contributed by atoms with E-state index in [1.807, 2.05) is 13.8 Å². The molecule has 1 aromatic rings. The fourth-order valence-electron chi connectivity index (χ4n) is 0.626. The van der Waals surface area contributed by atoms with Crippen LogP contribution in [-0.2, 0) is 53.8 Å². The molecule has 0 unspecified atom stereocenters. The molecule has 0 fully saturated rings. The molecule has 0 spiro atoms. The van der Waals surface area contributed by atoms with Crippen molar-refractivity contribution in [3.63, 3.8) is 0 Å². The van der Waals surface area contributed by atoms with E-state index in [0.29, 0.717) is 0 Å². The topological polar surface area (TPSA) is 0 Å². The van der Waals surface area contributed by atoms with E-state index >= 15 is 0 Å². The van der Waals surface area contributed by atoms with Crippen molar-refractivity contribution in [2.24, 2.45) is 0 Å². The van der Waals surface area contributed by atoms with Crippen LogP contribution in [0.5, 0.6) is 0 Å². The van der Waals surface area contributed by atoms with Crippen molar-refractivity contribution in [1.82, 2.24) is 0 Å². The van der Waals surface area contributed by atoms with Crippen LogP contribution in [0.2, 0.25) is 0 Å². The summed E-state index contributed by atoms with van der Waals surface area (Å²) in [5, 5.41) is 0. The van der Waals surface area contributed by atoms with E-state index in [9.17, 15) is 0 Å². The van der Waals surface area contributed by atoms with Gasteiger partial charge in [-0.15, -0.1) is 13.8 Å². The van der Waals surface area contributed by atoms with Gasteiger partial charge in [-0.2, -0.15) is 38.5 Å². The Kier molecular flexibility index (Phi) is 10.4. The molecule has 12 heavy (non-hydrogen) atoms. The maximum atomic E-state index is 3.39. The largest absolute Gasteiger partial charge is 0.301 e. The van der Waals surface area contributed by atoms with Gasteiger partial charge in [-0.05, 0) is 0 Å². The van der Waals surface area contributed by atoms with E-state index < -0.39 is 0 Å². The van der Waals surface area contributed by atoms with Crippen LogP contribution >= 0.6 is 38.5 Å². The SMILES string of the molecule is Cc1[c-]c(I)c(C)[c-]c1Br.[W].[Y]. The van der Waals surface area contributed by atoms with Crippen molar-refractivity contribution in [3.8, 4) is 0 Å². The summed E-state index contributed by atoms with van der Waals surface area (Å²) >= 11 is 5.65. The summed E-state index contributed by atoms with van der Waals surface area (Å²) in [4.78, 5) is 0. The molecule has 63 valence electrons. The zero-order valence-electron chi connectivity index (χ0n) is 6.74. The standard InChI is InChI=1S/C8H6BrI.W.Y/c1-5-4-8(10)6(2)3-7(5)9;;/h1-2H3;;/q-2;;. The zero-order valence-corrected chi connectivity index (χ0v) is 16.3. The smallest absolute Gasteiger partial charge is 0 e. The fourth-order valence-corrected chi connectivity index (χ4v) is 1.56. The first kappa shape index (κ1) is 16.6. The molecule has 0 N–H and O–H groups in total. The minimum atomic E-state index is 0. The molecule has 1 aromatic carbocycles. The summed E-state index contributed by atoms with van der Waals surface area (Å²) in [7, 11) is 0. The molecule has 0 saturated carbocycles. The Morgan fingerprint density at radius 1 is 1.17 bits per heavy atom. The van der Waals surface area contributed by atoms with Gasteiger partial charge in [0.15, 0.2) is 0 Å². The third kappa shape index (κ3) is 4.64.